The molecule has 8 nitrogen and oxygen atoms in total. The maximum atomic E-state index is 13.3. The van der Waals surface area contributed by atoms with Crippen molar-refractivity contribution in [2.75, 3.05) is 66.1 Å². The number of piperidine rings is 1. The molecule has 2 aromatic carbocycles. The third kappa shape index (κ3) is 8.79. The number of rotatable bonds is 18. The van der Waals surface area contributed by atoms with Crippen molar-refractivity contribution >= 4 is 5.91 Å². The summed E-state index contributed by atoms with van der Waals surface area (Å²) < 4.78 is 11.6. The van der Waals surface area contributed by atoms with Crippen molar-refractivity contribution in [3.63, 3.8) is 0 Å². The number of nitrogens with zero attached hydrogens (tertiary/aromatic N) is 4. The molecular formula is C39H55N5O3. The summed E-state index contributed by atoms with van der Waals surface area (Å²) in [5.74, 6) is 0.805. The number of ether oxygens (including phenoxy) is 2. The van der Waals surface area contributed by atoms with E-state index in [2.05, 4.69) is 50.9 Å². The minimum atomic E-state index is -0.822. The number of likely N-dealkylation sites (tertiary alicyclic amines) is 2. The van der Waals surface area contributed by atoms with Gasteiger partial charge in [0.05, 0.1) is 7.11 Å². The van der Waals surface area contributed by atoms with E-state index < -0.39 is 5.41 Å². The van der Waals surface area contributed by atoms with Crippen LogP contribution in [0.3, 0.4) is 0 Å². The van der Waals surface area contributed by atoms with Gasteiger partial charge in [-0.2, -0.15) is 0 Å². The Balaban J connectivity index is 0.988. The number of pyridine rings is 1. The van der Waals surface area contributed by atoms with E-state index >= 15 is 0 Å². The van der Waals surface area contributed by atoms with Gasteiger partial charge in [-0.05, 0) is 94.4 Å². The average molecular weight is 642 g/mol. The fourth-order valence-electron chi connectivity index (χ4n) is 7.94. The van der Waals surface area contributed by atoms with Crippen LogP contribution in [0.5, 0.6) is 5.75 Å². The van der Waals surface area contributed by atoms with E-state index in [-0.39, 0.29) is 11.8 Å². The first-order valence-corrected chi connectivity index (χ1v) is 17.7. The van der Waals surface area contributed by atoms with Crippen LogP contribution >= 0.6 is 0 Å². The van der Waals surface area contributed by atoms with Crippen molar-refractivity contribution in [3.05, 3.63) is 95.8 Å². The SMILES string of the molecule is CCN(CCCOCCCCN1CC[C@@H](C(C(N)=O)(c2ccccc2)c2ccccc2)C1)C1CCN(Cc2cnccc2OC)CC1. The molecule has 0 spiro atoms. The summed E-state index contributed by atoms with van der Waals surface area (Å²) in [5, 5.41) is 0. The van der Waals surface area contributed by atoms with Gasteiger partial charge in [0.1, 0.15) is 11.2 Å². The molecule has 0 saturated carbocycles. The van der Waals surface area contributed by atoms with Crippen LogP contribution in [0.15, 0.2) is 79.1 Å². The zero-order valence-electron chi connectivity index (χ0n) is 28.6. The highest BCUT2D eigenvalue weighted by Gasteiger charge is 2.49. The number of carbonyl (C=O) groups is 1. The first-order valence-electron chi connectivity index (χ1n) is 17.7. The fraction of sp³-hybridized carbons (Fsp3) is 0.538. The molecule has 0 unspecified atom stereocenters. The van der Waals surface area contributed by atoms with E-state index in [1.165, 1.54) is 18.4 Å². The number of hydrogen-bond donors (Lipinski definition) is 1. The highest BCUT2D eigenvalue weighted by Crippen LogP contribution is 2.43. The molecule has 3 heterocycles. The number of amides is 1. The number of nitrogens with two attached hydrogens (primary N) is 1. The lowest BCUT2D eigenvalue weighted by molar-refractivity contribution is -0.123. The van der Waals surface area contributed by atoms with Gasteiger partial charge in [-0.3, -0.25) is 14.7 Å². The monoisotopic (exact) mass is 641 g/mol. The Labute approximate surface area is 282 Å². The summed E-state index contributed by atoms with van der Waals surface area (Å²) >= 11 is 0. The van der Waals surface area contributed by atoms with Crippen LogP contribution < -0.4 is 10.5 Å². The van der Waals surface area contributed by atoms with Crippen LogP contribution in [0.25, 0.3) is 0 Å². The summed E-state index contributed by atoms with van der Waals surface area (Å²) in [6.45, 7) is 12.1. The number of hydrogen-bond acceptors (Lipinski definition) is 7. The normalized spacial score (nSPS) is 18.1. The molecule has 1 amide bonds. The summed E-state index contributed by atoms with van der Waals surface area (Å²) in [5.41, 5.74) is 8.60. The van der Waals surface area contributed by atoms with Gasteiger partial charge in [0.2, 0.25) is 5.91 Å². The second-order valence-corrected chi connectivity index (χ2v) is 13.2. The Kier molecular flexibility index (Phi) is 13.2. The Bertz CT molecular complexity index is 1310. The highest BCUT2D eigenvalue weighted by atomic mass is 16.5. The highest BCUT2D eigenvalue weighted by molar-refractivity contribution is 5.91. The van der Waals surface area contributed by atoms with Gasteiger partial charge in [0, 0.05) is 56.8 Å². The number of benzene rings is 2. The second-order valence-electron chi connectivity index (χ2n) is 13.2. The quantitative estimate of drug-likeness (QED) is 0.187. The molecule has 3 aromatic rings. The van der Waals surface area contributed by atoms with Gasteiger partial charge in [-0.15, -0.1) is 0 Å². The Morgan fingerprint density at radius 3 is 2.21 bits per heavy atom. The Morgan fingerprint density at radius 1 is 0.915 bits per heavy atom. The molecule has 47 heavy (non-hydrogen) atoms. The molecule has 1 aromatic heterocycles. The topological polar surface area (TPSA) is 84.2 Å². The fourth-order valence-corrected chi connectivity index (χ4v) is 7.94. The molecular weight excluding hydrogens is 586 g/mol. The molecule has 254 valence electrons. The van der Waals surface area contributed by atoms with Gasteiger partial charge in [0.15, 0.2) is 0 Å². The average Bonchev–Trinajstić information content (AvgIpc) is 3.58. The molecule has 0 aliphatic carbocycles. The van der Waals surface area contributed by atoms with Crippen molar-refractivity contribution in [1.82, 2.24) is 19.7 Å². The van der Waals surface area contributed by atoms with E-state index in [1.807, 2.05) is 48.7 Å². The zero-order chi connectivity index (χ0) is 32.9. The number of carbonyl (C=O) groups excluding carboxylic acids is 1. The first kappa shape index (κ1) is 35.0. The molecule has 0 radical (unpaired) electrons. The van der Waals surface area contributed by atoms with Gasteiger partial charge in [0.25, 0.3) is 0 Å². The smallest absolute Gasteiger partial charge is 0.232 e. The minimum absolute atomic E-state index is 0.138. The molecule has 2 aliphatic rings. The lowest BCUT2D eigenvalue weighted by atomic mass is 9.64. The Morgan fingerprint density at radius 2 is 1.57 bits per heavy atom. The lowest BCUT2D eigenvalue weighted by Crippen LogP contribution is -2.49. The predicted octanol–water partition coefficient (Wildman–Crippen LogP) is 5.36. The van der Waals surface area contributed by atoms with E-state index in [9.17, 15) is 4.79 Å². The molecule has 2 saturated heterocycles. The van der Waals surface area contributed by atoms with E-state index in [0.717, 1.165) is 108 Å². The summed E-state index contributed by atoms with van der Waals surface area (Å²) in [7, 11) is 1.73. The largest absolute Gasteiger partial charge is 0.496 e. The van der Waals surface area contributed by atoms with Gasteiger partial charge in [-0.25, -0.2) is 0 Å². The van der Waals surface area contributed by atoms with Gasteiger partial charge in [-0.1, -0.05) is 67.6 Å². The molecule has 2 aliphatic heterocycles. The predicted molar refractivity (Wildman–Crippen MR) is 188 cm³/mol. The number of methoxy groups -OCH3 is 1. The van der Waals surface area contributed by atoms with Crippen molar-refractivity contribution < 1.29 is 14.3 Å². The number of unbranched alkanes of at least 4 members (excludes halogenated alkanes) is 1. The Hall–Kier alpha value is -3.30. The maximum absolute atomic E-state index is 13.3. The molecule has 1 atom stereocenters. The van der Waals surface area contributed by atoms with Gasteiger partial charge >= 0.3 is 0 Å². The maximum Gasteiger partial charge on any atom is 0.232 e. The van der Waals surface area contributed by atoms with Crippen LogP contribution in [0, 0.1) is 5.92 Å². The molecule has 0 bridgehead atoms. The summed E-state index contributed by atoms with van der Waals surface area (Å²) in [6.07, 6.45) is 10.3. The van der Waals surface area contributed by atoms with Crippen LogP contribution in [-0.2, 0) is 21.5 Å². The van der Waals surface area contributed by atoms with Crippen LogP contribution in [0.2, 0.25) is 0 Å². The van der Waals surface area contributed by atoms with E-state index in [1.54, 1.807) is 13.3 Å². The molecule has 2 N–H and O–H groups in total. The second kappa shape index (κ2) is 17.7. The van der Waals surface area contributed by atoms with Crippen molar-refractivity contribution in [2.24, 2.45) is 11.7 Å². The zero-order valence-corrected chi connectivity index (χ0v) is 28.6. The van der Waals surface area contributed by atoms with E-state index in [4.69, 9.17) is 15.2 Å². The number of primary amides is 1. The van der Waals surface area contributed by atoms with Crippen molar-refractivity contribution in [1.29, 1.82) is 0 Å². The molecule has 8 heteroatoms. The van der Waals surface area contributed by atoms with Crippen molar-refractivity contribution in [2.45, 2.75) is 63.5 Å². The number of aromatic nitrogens is 1. The molecule has 5 rings (SSSR count). The lowest BCUT2D eigenvalue weighted by Gasteiger charge is -2.38. The molecule has 2 fully saturated rings. The minimum Gasteiger partial charge on any atom is -0.496 e. The van der Waals surface area contributed by atoms with Gasteiger partial charge < -0.3 is 25.0 Å². The van der Waals surface area contributed by atoms with E-state index in [0.29, 0.717) is 6.04 Å². The van der Waals surface area contributed by atoms with Crippen molar-refractivity contribution in [3.8, 4) is 5.75 Å². The summed E-state index contributed by atoms with van der Waals surface area (Å²) in [6, 6.07) is 22.9. The standard InChI is InChI=1S/C39H55N5O3/c1-3-44(36-19-25-43(26-20-36)30-32-29-41-21-17-37(32)46-2)23-12-28-47-27-11-10-22-42-24-18-35(31-42)39(38(40)45,33-13-6-4-7-14-33)34-15-8-5-9-16-34/h4-9,13-17,21,29,35-36H,3,10-12,18-20,22-28,30-31H2,1-2H3,(H2,40,45)/t35-/m1/s1. The third-order valence-corrected chi connectivity index (χ3v) is 10.4. The van der Waals surface area contributed by atoms with Crippen LogP contribution in [0.4, 0.5) is 0 Å². The van der Waals surface area contributed by atoms with Crippen LogP contribution in [0.1, 0.15) is 62.1 Å². The van der Waals surface area contributed by atoms with Crippen LogP contribution in [-0.4, -0.2) is 97.8 Å². The first-order chi connectivity index (χ1) is 23.1. The third-order valence-electron chi connectivity index (χ3n) is 10.4. The summed E-state index contributed by atoms with van der Waals surface area (Å²) in [4.78, 5) is 25.3.